The molecule has 1 saturated heterocycles. The molecule has 4 nitrogen and oxygen atoms in total. The monoisotopic (exact) mass is 274 g/mol. The summed E-state index contributed by atoms with van der Waals surface area (Å²) in [7, 11) is 1.90. The molecule has 1 fully saturated rings. The first-order valence-electron chi connectivity index (χ1n) is 7.38. The first-order chi connectivity index (χ1) is 9.69. The van der Waals surface area contributed by atoms with Crippen molar-refractivity contribution in [1.82, 2.24) is 4.90 Å². The van der Waals surface area contributed by atoms with Crippen LogP contribution in [0.1, 0.15) is 24.0 Å². The number of hydrogen-bond donors (Lipinski definition) is 1. The van der Waals surface area contributed by atoms with Crippen molar-refractivity contribution in [2.75, 3.05) is 13.6 Å². The third-order valence-corrected chi connectivity index (χ3v) is 4.57. The van der Waals surface area contributed by atoms with Crippen molar-refractivity contribution in [3.05, 3.63) is 35.4 Å². The van der Waals surface area contributed by atoms with E-state index >= 15 is 0 Å². The number of carbonyl (C=O) groups is 1. The van der Waals surface area contributed by atoms with Crippen molar-refractivity contribution in [2.45, 2.75) is 43.9 Å². The molecule has 0 saturated carbocycles. The van der Waals surface area contributed by atoms with E-state index in [0.717, 1.165) is 25.7 Å². The normalized spacial score (nSPS) is 25.7. The Kier molecular flexibility index (Phi) is 3.76. The highest BCUT2D eigenvalue weighted by Gasteiger charge is 2.35. The molecule has 0 bridgehead atoms. The number of rotatable bonds is 3. The maximum atomic E-state index is 12.5. The second-order valence-electron chi connectivity index (χ2n) is 5.84. The first kappa shape index (κ1) is 13.6. The Morgan fingerprint density at radius 2 is 1.95 bits per heavy atom. The smallest absolute Gasteiger partial charge is 0.251 e. The molecular weight excluding hydrogens is 252 g/mol. The number of amides is 1. The third-order valence-electron chi connectivity index (χ3n) is 4.57. The van der Waals surface area contributed by atoms with Crippen LogP contribution in [0.5, 0.6) is 0 Å². The molecule has 4 heteroatoms. The van der Waals surface area contributed by atoms with Crippen molar-refractivity contribution < 1.29 is 9.53 Å². The van der Waals surface area contributed by atoms with E-state index in [4.69, 9.17) is 10.5 Å². The molecule has 0 unspecified atom stereocenters. The van der Waals surface area contributed by atoms with Gasteiger partial charge in [-0.2, -0.15) is 0 Å². The lowest BCUT2D eigenvalue weighted by Crippen LogP contribution is -2.43. The molecule has 3 rings (SSSR count). The van der Waals surface area contributed by atoms with Crippen LogP contribution in [0.2, 0.25) is 0 Å². The second-order valence-corrected chi connectivity index (χ2v) is 5.84. The van der Waals surface area contributed by atoms with Crippen LogP contribution in [-0.2, 0) is 22.4 Å². The maximum Gasteiger partial charge on any atom is 0.251 e. The minimum atomic E-state index is -0.294. The number of likely N-dealkylation sites (N-methyl/N-ethyl adjacent to an activating group) is 1. The van der Waals surface area contributed by atoms with E-state index in [0.29, 0.717) is 6.54 Å². The van der Waals surface area contributed by atoms with Gasteiger partial charge in [-0.3, -0.25) is 4.79 Å². The SMILES string of the molecule is CN(C(=O)[C@@H]1CC[C@H](CN)O1)C1Cc2ccccc2C1. The fourth-order valence-corrected chi connectivity index (χ4v) is 3.28. The van der Waals surface area contributed by atoms with Gasteiger partial charge in [0.1, 0.15) is 6.10 Å². The van der Waals surface area contributed by atoms with Crippen LogP contribution in [0.3, 0.4) is 0 Å². The van der Waals surface area contributed by atoms with Gasteiger partial charge in [0, 0.05) is 19.6 Å². The van der Waals surface area contributed by atoms with Crippen LogP contribution in [0.25, 0.3) is 0 Å². The van der Waals surface area contributed by atoms with E-state index in [9.17, 15) is 4.79 Å². The molecular formula is C16H22N2O2. The zero-order valence-corrected chi connectivity index (χ0v) is 11.9. The molecule has 2 atom stereocenters. The van der Waals surface area contributed by atoms with Gasteiger partial charge in [0.2, 0.25) is 0 Å². The topological polar surface area (TPSA) is 55.6 Å². The van der Waals surface area contributed by atoms with Crippen LogP contribution in [0.4, 0.5) is 0 Å². The lowest BCUT2D eigenvalue weighted by Gasteiger charge is -2.27. The van der Waals surface area contributed by atoms with Crippen molar-refractivity contribution in [3.8, 4) is 0 Å². The molecule has 20 heavy (non-hydrogen) atoms. The number of hydrogen-bond acceptors (Lipinski definition) is 3. The van der Waals surface area contributed by atoms with Gasteiger partial charge in [0.15, 0.2) is 0 Å². The van der Waals surface area contributed by atoms with Crippen molar-refractivity contribution in [3.63, 3.8) is 0 Å². The number of benzene rings is 1. The van der Waals surface area contributed by atoms with Gasteiger partial charge >= 0.3 is 0 Å². The molecule has 0 spiro atoms. The average Bonchev–Trinajstić information content (AvgIpc) is 3.11. The van der Waals surface area contributed by atoms with Gasteiger partial charge in [-0.25, -0.2) is 0 Å². The van der Waals surface area contributed by atoms with E-state index in [1.54, 1.807) is 0 Å². The second kappa shape index (κ2) is 5.54. The molecule has 1 heterocycles. The van der Waals surface area contributed by atoms with E-state index in [-0.39, 0.29) is 24.2 Å². The highest BCUT2D eigenvalue weighted by atomic mass is 16.5. The van der Waals surface area contributed by atoms with Crippen LogP contribution < -0.4 is 5.73 Å². The molecule has 1 amide bonds. The summed E-state index contributed by atoms with van der Waals surface area (Å²) in [5.41, 5.74) is 8.33. The molecule has 1 aromatic carbocycles. The Balaban J connectivity index is 1.63. The Bertz CT molecular complexity index is 478. The van der Waals surface area contributed by atoms with E-state index in [1.165, 1.54) is 11.1 Å². The molecule has 1 aliphatic heterocycles. The third kappa shape index (κ3) is 2.45. The van der Waals surface area contributed by atoms with Crippen LogP contribution in [0.15, 0.2) is 24.3 Å². The predicted octanol–water partition coefficient (Wildman–Crippen LogP) is 1.12. The summed E-state index contributed by atoms with van der Waals surface area (Å²) in [5, 5.41) is 0. The minimum absolute atomic E-state index is 0.0538. The van der Waals surface area contributed by atoms with Crippen molar-refractivity contribution in [2.24, 2.45) is 5.73 Å². The largest absolute Gasteiger partial charge is 0.364 e. The van der Waals surface area contributed by atoms with Crippen LogP contribution in [0, 0.1) is 0 Å². The number of carbonyl (C=O) groups excluding carboxylic acids is 1. The first-order valence-corrected chi connectivity index (χ1v) is 7.38. The molecule has 1 aromatic rings. The number of fused-ring (bicyclic) bond motifs is 1. The molecule has 1 aliphatic carbocycles. The number of nitrogens with two attached hydrogens (primary N) is 1. The van der Waals surface area contributed by atoms with Crippen LogP contribution >= 0.6 is 0 Å². The fraction of sp³-hybridized carbons (Fsp3) is 0.562. The Hall–Kier alpha value is -1.39. The summed E-state index contributed by atoms with van der Waals surface area (Å²) in [6.07, 6.45) is 3.35. The summed E-state index contributed by atoms with van der Waals surface area (Å²) in [4.78, 5) is 14.4. The Morgan fingerprint density at radius 3 is 2.50 bits per heavy atom. The van der Waals surface area contributed by atoms with Crippen LogP contribution in [-0.4, -0.2) is 42.6 Å². The zero-order valence-electron chi connectivity index (χ0n) is 11.9. The zero-order chi connectivity index (χ0) is 14.1. The summed E-state index contributed by atoms with van der Waals surface area (Å²) in [6.45, 7) is 0.502. The van der Waals surface area contributed by atoms with E-state index in [2.05, 4.69) is 24.3 Å². The van der Waals surface area contributed by atoms with E-state index in [1.807, 2.05) is 11.9 Å². The van der Waals surface area contributed by atoms with Gasteiger partial charge in [-0.1, -0.05) is 24.3 Å². The fourth-order valence-electron chi connectivity index (χ4n) is 3.28. The highest BCUT2D eigenvalue weighted by molar-refractivity contribution is 5.81. The van der Waals surface area contributed by atoms with E-state index < -0.39 is 0 Å². The lowest BCUT2D eigenvalue weighted by molar-refractivity contribution is -0.143. The molecule has 2 N–H and O–H groups in total. The highest BCUT2D eigenvalue weighted by Crippen LogP contribution is 2.27. The molecule has 2 aliphatic rings. The summed E-state index contributed by atoms with van der Waals surface area (Å²) >= 11 is 0. The predicted molar refractivity (Wildman–Crippen MR) is 77.4 cm³/mol. The maximum absolute atomic E-state index is 12.5. The van der Waals surface area contributed by atoms with Gasteiger partial charge in [-0.05, 0) is 36.8 Å². The molecule has 108 valence electrons. The molecule has 0 radical (unpaired) electrons. The number of ether oxygens (including phenoxy) is 1. The summed E-state index contributed by atoms with van der Waals surface area (Å²) in [5.74, 6) is 0.110. The number of nitrogens with zero attached hydrogens (tertiary/aromatic N) is 1. The van der Waals surface area contributed by atoms with Gasteiger partial charge < -0.3 is 15.4 Å². The minimum Gasteiger partial charge on any atom is -0.364 e. The quantitative estimate of drug-likeness (QED) is 0.898. The summed E-state index contributed by atoms with van der Waals surface area (Å²) in [6, 6.07) is 8.71. The lowest BCUT2D eigenvalue weighted by atomic mass is 10.1. The Morgan fingerprint density at radius 1 is 1.30 bits per heavy atom. The van der Waals surface area contributed by atoms with Gasteiger partial charge in [-0.15, -0.1) is 0 Å². The standard InChI is InChI=1S/C16H22N2O2/c1-18(16(19)15-7-6-14(10-17)20-15)13-8-11-4-2-3-5-12(11)9-13/h2-5,13-15H,6-10,17H2,1H3/t14-,15+/m1/s1. The van der Waals surface area contributed by atoms with Gasteiger partial charge in [0.05, 0.1) is 6.10 Å². The Labute approximate surface area is 119 Å². The average molecular weight is 274 g/mol. The molecule has 0 aromatic heterocycles. The van der Waals surface area contributed by atoms with Crippen molar-refractivity contribution >= 4 is 5.91 Å². The summed E-state index contributed by atoms with van der Waals surface area (Å²) < 4.78 is 5.71. The van der Waals surface area contributed by atoms with Crippen molar-refractivity contribution in [1.29, 1.82) is 0 Å². The van der Waals surface area contributed by atoms with Gasteiger partial charge in [0.25, 0.3) is 5.91 Å².